The monoisotopic (exact) mass is 292 g/mol. The average molecular weight is 292 g/mol. The lowest BCUT2D eigenvalue weighted by Gasteiger charge is -2.08. The highest BCUT2D eigenvalue weighted by Crippen LogP contribution is 2.34. The number of aromatic hydroxyl groups is 2. The number of phenolic OH excluding ortho intramolecular Hbond substituents is 2. The van der Waals surface area contributed by atoms with Crippen molar-refractivity contribution < 1.29 is 32.2 Å². The zero-order valence-electron chi connectivity index (χ0n) is 9.83. The summed E-state index contributed by atoms with van der Waals surface area (Å²) in [7, 11) is 0. The smallest absolute Gasteiger partial charge is 0.422 e. The minimum atomic E-state index is -5.10. The van der Waals surface area contributed by atoms with Crippen molar-refractivity contribution in [1.82, 2.24) is 0 Å². The molecular formula is C13H9F5O2. The Balaban J connectivity index is 0.000000240. The van der Waals surface area contributed by atoms with Crippen molar-refractivity contribution in [2.24, 2.45) is 0 Å². The first-order valence-corrected chi connectivity index (χ1v) is 5.21. The summed E-state index contributed by atoms with van der Waals surface area (Å²) in [5.74, 6) is -4.22. The van der Waals surface area contributed by atoms with Gasteiger partial charge in [0.05, 0.1) is 0 Å². The van der Waals surface area contributed by atoms with E-state index in [9.17, 15) is 22.0 Å². The number of alkyl halides is 3. The predicted octanol–water partition coefficient (Wildman–Crippen LogP) is 4.08. The fraction of sp³-hybridized carbons (Fsp3) is 0.0769. The van der Waals surface area contributed by atoms with Crippen LogP contribution in [0.1, 0.15) is 5.56 Å². The molecule has 0 aliphatic rings. The van der Waals surface area contributed by atoms with E-state index < -0.39 is 29.1 Å². The molecule has 0 spiro atoms. The third kappa shape index (κ3) is 4.42. The maximum absolute atomic E-state index is 12.5. The maximum Gasteiger partial charge on any atom is 0.422 e. The van der Waals surface area contributed by atoms with Gasteiger partial charge in [0.2, 0.25) is 0 Å². The van der Waals surface area contributed by atoms with Crippen LogP contribution in [0.15, 0.2) is 42.5 Å². The summed E-state index contributed by atoms with van der Waals surface area (Å²) >= 11 is 0. The Hall–Kier alpha value is -2.31. The van der Waals surface area contributed by atoms with E-state index in [-0.39, 0.29) is 12.1 Å². The highest BCUT2D eigenvalue weighted by molar-refractivity contribution is 5.31. The van der Waals surface area contributed by atoms with Crippen molar-refractivity contribution in [3.8, 4) is 11.5 Å². The number of hydrogen-bond donors (Lipinski definition) is 2. The first-order chi connectivity index (χ1) is 9.21. The van der Waals surface area contributed by atoms with Crippen molar-refractivity contribution in [3.63, 3.8) is 0 Å². The third-order valence-electron chi connectivity index (χ3n) is 2.07. The van der Waals surface area contributed by atoms with E-state index in [2.05, 4.69) is 0 Å². The van der Waals surface area contributed by atoms with E-state index in [1.807, 2.05) is 6.07 Å². The first-order valence-electron chi connectivity index (χ1n) is 5.21. The zero-order chi connectivity index (χ0) is 15.3. The molecule has 7 heteroatoms. The number of rotatable bonds is 0. The van der Waals surface area contributed by atoms with Gasteiger partial charge in [0.15, 0.2) is 0 Å². The normalized spacial score (nSPS) is 10.7. The fourth-order valence-electron chi connectivity index (χ4n) is 1.26. The lowest BCUT2D eigenvalue weighted by atomic mass is 10.2. The highest BCUT2D eigenvalue weighted by atomic mass is 19.4. The average Bonchev–Trinajstić information content (AvgIpc) is 2.27. The molecule has 0 aliphatic heterocycles. The van der Waals surface area contributed by atoms with Crippen LogP contribution in [-0.2, 0) is 6.18 Å². The molecule has 0 aliphatic carbocycles. The van der Waals surface area contributed by atoms with Crippen LogP contribution in [0.5, 0.6) is 11.5 Å². The molecule has 2 aromatic carbocycles. The Labute approximate surface area is 110 Å². The van der Waals surface area contributed by atoms with Crippen LogP contribution in [0, 0.1) is 11.6 Å². The quantitative estimate of drug-likeness (QED) is 0.718. The first kappa shape index (κ1) is 15.7. The maximum atomic E-state index is 12.5. The van der Waals surface area contributed by atoms with Gasteiger partial charge in [-0.2, -0.15) is 13.2 Å². The molecule has 2 rings (SSSR count). The van der Waals surface area contributed by atoms with E-state index in [1.54, 1.807) is 24.3 Å². The van der Waals surface area contributed by atoms with E-state index in [0.29, 0.717) is 5.75 Å². The van der Waals surface area contributed by atoms with Gasteiger partial charge >= 0.3 is 6.18 Å². The standard InChI is InChI=1S/C7H3F5O.C6H6O/c8-4-1-3(13)2-5(9)6(4)7(10,11)12;7-6-4-2-1-3-5-6/h1-2,13H;1-5,7H. The van der Waals surface area contributed by atoms with E-state index in [4.69, 9.17) is 10.2 Å². The van der Waals surface area contributed by atoms with Crippen molar-refractivity contribution in [2.75, 3.05) is 0 Å². The van der Waals surface area contributed by atoms with Crippen LogP contribution in [0.2, 0.25) is 0 Å². The lowest BCUT2D eigenvalue weighted by molar-refractivity contribution is -0.142. The molecule has 20 heavy (non-hydrogen) atoms. The summed E-state index contributed by atoms with van der Waals surface area (Å²) in [5.41, 5.74) is -2.00. The molecule has 0 heterocycles. The summed E-state index contributed by atoms with van der Waals surface area (Å²) in [5, 5.41) is 17.2. The molecule has 0 atom stereocenters. The Bertz CT molecular complexity index is 544. The van der Waals surface area contributed by atoms with Crippen LogP contribution in [0.4, 0.5) is 22.0 Å². The Morgan fingerprint density at radius 3 is 1.50 bits per heavy atom. The second kappa shape index (κ2) is 6.23. The molecule has 0 saturated carbocycles. The summed E-state index contributed by atoms with van der Waals surface area (Å²) < 4.78 is 60.6. The number of phenols is 2. The summed E-state index contributed by atoms with van der Waals surface area (Å²) in [6.45, 7) is 0. The molecule has 0 unspecified atom stereocenters. The second-order valence-electron chi connectivity index (χ2n) is 3.62. The van der Waals surface area contributed by atoms with Crippen molar-refractivity contribution in [2.45, 2.75) is 6.18 Å². The van der Waals surface area contributed by atoms with E-state index in [1.165, 1.54) is 0 Å². The summed E-state index contributed by atoms with van der Waals surface area (Å²) in [6, 6.07) is 9.11. The van der Waals surface area contributed by atoms with Crippen LogP contribution < -0.4 is 0 Å². The second-order valence-corrected chi connectivity index (χ2v) is 3.62. The molecular weight excluding hydrogens is 283 g/mol. The molecule has 0 saturated heterocycles. The third-order valence-corrected chi connectivity index (χ3v) is 2.07. The van der Waals surface area contributed by atoms with Gasteiger partial charge in [-0.15, -0.1) is 0 Å². The van der Waals surface area contributed by atoms with Crippen LogP contribution in [-0.4, -0.2) is 10.2 Å². The Morgan fingerprint density at radius 1 is 0.750 bits per heavy atom. The lowest BCUT2D eigenvalue weighted by Crippen LogP contribution is -2.10. The minimum absolute atomic E-state index is 0.200. The van der Waals surface area contributed by atoms with E-state index >= 15 is 0 Å². The van der Waals surface area contributed by atoms with Crippen LogP contribution in [0.3, 0.4) is 0 Å². The van der Waals surface area contributed by atoms with Gasteiger partial charge in [0, 0.05) is 12.1 Å². The van der Waals surface area contributed by atoms with Gasteiger partial charge in [-0.05, 0) is 12.1 Å². The van der Waals surface area contributed by atoms with Gasteiger partial charge in [-0.25, -0.2) is 8.78 Å². The number of para-hydroxylation sites is 1. The minimum Gasteiger partial charge on any atom is -0.508 e. The van der Waals surface area contributed by atoms with Crippen molar-refractivity contribution in [3.05, 3.63) is 59.7 Å². The predicted molar refractivity (Wildman–Crippen MR) is 61.1 cm³/mol. The fourth-order valence-corrected chi connectivity index (χ4v) is 1.26. The van der Waals surface area contributed by atoms with E-state index in [0.717, 1.165) is 0 Å². The number of benzene rings is 2. The molecule has 0 bridgehead atoms. The number of halogens is 5. The summed E-state index contributed by atoms with van der Waals surface area (Å²) in [4.78, 5) is 0. The Morgan fingerprint density at radius 2 is 1.20 bits per heavy atom. The molecule has 108 valence electrons. The zero-order valence-corrected chi connectivity index (χ0v) is 9.83. The largest absolute Gasteiger partial charge is 0.508 e. The topological polar surface area (TPSA) is 40.5 Å². The SMILES string of the molecule is Oc1cc(F)c(C(F)(F)F)c(F)c1.Oc1ccccc1. The molecule has 2 nitrogen and oxygen atoms in total. The van der Waals surface area contributed by atoms with Crippen molar-refractivity contribution in [1.29, 1.82) is 0 Å². The van der Waals surface area contributed by atoms with Gasteiger partial charge in [-0.1, -0.05) is 18.2 Å². The summed E-state index contributed by atoms with van der Waals surface area (Å²) in [6.07, 6.45) is -5.10. The Kier molecular flexibility index (Phi) is 4.90. The molecule has 0 aromatic heterocycles. The van der Waals surface area contributed by atoms with Gasteiger partial charge in [0.1, 0.15) is 28.7 Å². The molecule has 0 fully saturated rings. The van der Waals surface area contributed by atoms with Gasteiger partial charge in [-0.3, -0.25) is 0 Å². The highest BCUT2D eigenvalue weighted by Gasteiger charge is 2.37. The molecule has 0 amide bonds. The molecule has 0 radical (unpaired) electrons. The van der Waals surface area contributed by atoms with Gasteiger partial charge < -0.3 is 10.2 Å². The molecule has 2 aromatic rings. The van der Waals surface area contributed by atoms with Crippen LogP contribution in [0.25, 0.3) is 0 Å². The van der Waals surface area contributed by atoms with Gasteiger partial charge in [0.25, 0.3) is 0 Å². The van der Waals surface area contributed by atoms with Crippen LogP contribution >= 0.6 is 0 Å². The van der Waals surface area contributed by atoms with Crippen molar-refractivity contribution >= 4 is 0 Å². The number of hydrogen-bond acceptors (Lipinski definition) is 2. The molecule has 2 N–H and O–H groups in total.